The van der Waals surface area contributed by atoms with E-state index >= 15 is 0 Å². The van der Waals surface area contributed by atoms with Crippen LogP contribution in [0.4, 0.5) is 18.9 Å². The average molecular weight is 191 g/mol. The van der Waals surface area contributed by atoms with Crippen LogP contribution in [0.1, 0.15) is 17.6 Å². The quantitative estimate of drug-likeness (QED) is 0.690. The van der Waals surface area contributed by atoms with Crippen molar-refractivity contribution >= 4 is 5.69 Å². The van der Waals surface area contributed by atoms with Gasteiger partial charge in [-0.2, -0.15) is 4.39 Å². The van der Waals surface area contributed by atoms with Crippen LogP contribution in [0.2, 0.25) is 0 Å². The summed E-state index contributed by atoms with van der Waals surface area (Å²) >= 11 is 0. The second kappa shape index (κ2) is 3.61. The minimum Gasteiger partial charge on any atom is -0.395 e. The van der Waals surface area contributed by atoms with Crippen LogP contribution >= 0.6 is 0 Å². The number of hydrogen-bond donors (Lipinski definition) is 2. The predicted octanol–water partition coefficient (Wildman–Crippen LogP) is 1.20. The summed E-state index contributed by atoms with van der Waals surface area (Å²) in [7, 11) is 0. The Hall–Kier alpha value is -1.30. The highest BCUT2D eigenvalue weighted by Gasteiger charge is 2.17. The van der Waals surface area contributed by atoms with E-state index in [1.165, 1.54) is 0 Å². The van der Waals surface area contributed by atoms with Crippen molar-refractivity contribution in [2.45, 2.75) is 13.0 Å². The zero-order valence-electron chi connectivity index (χ0n) is 6.60. The minimum absolute atomic E-state index is 0.0810. The number of nitrogens with zero attached hydrogens (tertiary/aromatic N) is 1. The van der Waals surface area contributed by atoms with Crippen LogP contribution < -0.4 is 11.5 Å². The molecular weight excluding hydrogens is 183 g/mol. The molecule has 1 rings (SSSR count). The predicted molar refractivity (Wildman–Crippen MR) is 41.5 cm³/mol. The summed E-state index contributed by atoms with van der Waals surface area (Å²) in [5.41, 5.74) is 9.43. The van der Waals surface area contributed by atoms with Gasteiger partial charge in [0, 0.05) is 23.9 Å². The second-order valence-electron chi connectivity index (χ2n) is 2.40. The molecular formula is C7H8F3N3. The topological polar surface area (TPSA) is 64.9 Å². The van der Waals surface area contributed by atoms with Crippen molar-refractivity contribution in [1.82, 2.24) is 4.98 Å². The molecule has 0 aromatic carbocycles. The lowest BCUT2D eigenvalue weighted by molar-refractivity contribution is 0.149. The highest BCUT2D eigenvalue weighted by Crippen LogP contribution is 2.26. The maximum atomic E-state index is 12.7. The van der Waals surface area contributed by atoms with Crippen LogP contribution in [0.25, 0.3) is 0 Å². The minimum atomic E-state index is -2.74. The largest absolute Gasteiger partial charge is 0.395 e. The first-order valence-electron chi connectivity index (χ1n) is 3.49. The lowest BCUT2D eigenvalue weighted by Gasteiger charge is -2.09. The molecule has 0 bridgehead atoms. The monoisotopic (exact) mass is 191 g/mol. The van der Waals surface area contributed by atoms with Crippen molar-refractivity contribution in [3.8, 4) is 0 Å². The van der Waals surface area contributed by atoms with E-state index in [0.29, 0.717) is 0 Å². The van der Waals surface area contributed by atoms with Crippen LogP contribution in [0.5, 0.6) is 0 Å². The van der Waals surface area contributed by atoms with E-state index in [9.17, 15) is 13.2 Å². The molecule has 0 spiro atoms. The van der Waals surface area contributed by atoms with E-state index in [0.717, 1.165) is 6.20 Å². The summed E-state index contributed by atoms with van der Waals surface area (Å²) in [6, 6.07) is 0. The van der Waals surface area contributed by atoms with Crippen molar-refractivity contribution in [3.05, 3.63) is 23.3 Å². The van der Waals surface area contributed by atoms with Crippen LogP contribution in [-0.4, -0.2) is 4.98 Å². The summed E-state index contributed by atoms with van der Waals surface area (Å²) in [6.07, 6.45) is -1.99. The lowest BCUT2D eigenvalue weighted by Crippen LogP contribution is -2.09. The maximum absolute atomic E-state index is 12.7. The normalized spacial score (nSPS) is 10.8. The second-order valence-corrected chi connectivity index (χ2v) is 2.40. The van der Waals surface area contributed by atoms with Gasteiger partial charge in [-0.3, -0.25) is 0 Å². The summed E-state index contributed by atoms with van der Waals surface area (Å²) in [4.78, 5) is 3.08. The molecule has 0 unspecified atom stereocenters. The Bertz CT molecular complexity index is 314. The Kier molecular flexibility index (Phi) is 2.72. The Balaban J connectivity index is 3.30. The Morgan fingerprint density at radius 2 is 2.08 bits per heavy atom. The molecule has 0 amide bonds. The summed E-state index contributed by atoms with van der Waals surface area (Å²) in [6.45, 7) is -0.231. The number of aromatic nitrogens is 1. The summed E-state index contributed by atoms with van der Waals surface area (Å²) < 4.78 is 37.2. The Morgan fingerprint density at radius 3 is 2.54 bits per heavy atom. The van der Waals surface area contributed by atoms with Crippen molar-refractivity contribution in [3.63, 3.8) is 0 Å². The van der Waals surface area contributed by atoms with Gasteiger partial charge in [0.25, 0.3) is 6.43 Å². The van der Waals surface area contributed by atoms with E-state index in [1.807, 2.05) is 0 Å². The molecule has 4 N–H and O–H groups in total. The van der Waals surface area contributed by atoms with Crippen LogP contribution in [0, 0.1) is 5.95 Å². The molecule has 0 aliphatic carbocycles. The molecule has 72 valence electrons. The molecule has 0 aliphatic rings. The van der Waals surface area contributed by atoms with E-state index in [1.54, 1.807) is 0 Å². The molecule has 0 fully saturated rings. The number of rotatable bonds is 2. The fourth-order valence-electron chi connectivity index (χ4n) is 0.970. The van der Waals surface area contributed by atoms with Gasteiger partial charge in [-0.1, -0.05) is 0 Å². The van der Waals surface area contributed by atoms with Gasteiger partial charge < -0.3 is 11.5 Å². The molecule has 0 radical (unpaired) electrons. The van der Waals surface area contributed by atoms with Gasteiger partial charge in [0.05, 0.1) is 5.69 Å². The summed E-state index contributed by atoms with van der Waals surface area (Å²) in [5, 5.41) is 0. The molecule has 0 aliphatic heterocycles. The molecule has 1 heterocycles. The molecule has 0 atom stereocenters. The van der Waals surface area contributed by atoms with Crippen molar-refractivity contribution in [2.24, 2.45) is 5.73 Å². The maximum Gasteiger partial charge on any atom is 0.265 e. The Morgan fingerprint density at radius 1 is 1.46 bits per heavy atom. The SMILES string of the molecule is NCc1c(C(F)F)cnc(F)c1N. The third-order valence-electron chi connectivity index (χ3n) is 1.65. The zero-order valence-corrected chi connectivity index (χ0v) is 6.60. The standard InChI is InChI=1S/C7H8F3N3/c8-6(9)4-2-13-7(10)5(12)3(4)1-11/h2,6H,1,11-12H2. The number of anilines is 1. The molecule has 13 heavy (non-hydrogen) atoms. The first kappa shape index (κ1) is 9.79. The van der Waals surface area contributed by atoms with Crippen molar-refractivity contribution < 1.29 is 13.2 Å². The Labute approximate surface area is 72.6 Å². The molecule has 1 aromatic rings. The molecule has 1 aromatic heterocycles. The van der Waals surface area contributed by atoms with E-state index in [4.69, 9.17) is 11.5 Å². The fraction of sp³-hybridized carbons (Fsp3) is 0.286. The first-order chi connectivity index (χ1) is 6.07. The number of nitrogen functional groups attached to an aromatic ring is 1. The van der Waals surface area contributed by atoms with Crippen molar-refractivity contribution in [2.75, 3.05) is 5.73 Å². The highest BCUT2D eigenvalue weighted by molar-refractivity contribution is 5.49. The van der Waals surface area contributed by atoms with Gasteiger partial charge in [-0.05, 0) is 0 Å². The average Bonchev–Trinajstić information content (AvgIpc) is 2.09. The number of halogens is 3. The fourth-order valence-corrected chi connectivity index (χ4v) is 0.970. The van der Waals surface area contributed by atoms with Gasteiger partial charge in [0.1, 0.15) is 0 Å². The third-order valence-corrected chi connectivity index (χ3v) is 1.65. The molecule has 6 heteroatoms. The molecule has 0 saturated carbocycles. The van der Waals surface area contributed by atoms with Gasteiger partial charge in [0.2, 0.25) is 5.95 Å². The third kappa shape index (κ3) is 1.72. The number of hydrogen-bond acceptors (Lipinski definition) is 3. The summed E-state index contributed by atoms with van der Waals surface area (Å²) in [5.74, 6) is -0.968. The highest BCUT2D eigenvalue weighted by atomic mass is 19.3. The van der Waals surface area contributed by atoms with Gasteiger partial charge >= 0.3 is 0 Å². The van der Waals surface area contributed by atoms with E-state index < -0.39 is 23.6 Å². The smallest absolute Gasteiger partial charge is 0.265 e. The van der Waals surface area contributed by atoms with E-state index in [2.05, 4.69) is 4.98 Å². The number of alkyl halides is 2. The van der Waals surface area contributed by atoms with Gasteiger partial charge in [-0.25, -0.2) is 13.8 Å². The number of nitrogens with two attached hydrogens (primary N) is 2. The first-order valence-corrected chi connectivity index (χ1v) is 3.49. The van der Waals surface area contributed by atoms with Crippen LogP contribution in [-0.2, 0) is 6.54 Å². The van der Waals surface area contributed by atoms with Gasteiger partial charge in [0.15, 0.2) is 0 Å². The molecule has 0 saturated heterocycles. The lowest BCUT2D eigenvalue weighted by atomic mass is 10.1. The number of pyridine rings is 1. The zero-order chi connectivity index (χ0) is 10.0. The van der Waals surface area contributed by atoms with Crippen LogP contribution in [0.3, 0.4) is 0 Å². The van der Waals surface area contributed by atoms with Crippen molar-refractivity contribution in [1.29, 1.82) is 0 Å². The molecule has 3 nitrogen and oxygen atoms in total. The van der Waals surface area contributed by atoms with E-state index in [-0.39, 0.29) is 12.1 Å². The van der Waals surface area contributed by atoms with Crippen LogP contribution in [0.15, 0.2) is 6.20 Å². The van der Waals surface area contributed by atoms with Gasteiger partial charge in [-0.15, -0.1) is 0 Å².